The van der Waals surface area contributed by atoms with Gasteiger partial charge >= 0.3 is 0 Å². The second-order valence-corrected chi connectivity index (χ2v) is 5.02. The quantitative estimate of drug-likeness (QED) is 0.846. The maximum Gasteiger partial charge on any atom is 0.224 e. The molecule has 0 radical (unpaired) electrons. The van der Waals surface area contributed by atoms with E-state index in [1.165, 1.54) is 0 Å². The summed E-state index contributed by atoms with van der Waals surface area (Å²) in [6.45, 7) is 3.81. The molecule has 106 valence electrons. The molecule has 1 N–H and O–H groups in total. The Morgan fingerprint density at radius 2 is 2.05 bits per heavy atom. The van der Waals surface area contributed by atoms with E-state index in [1.807, 2.05) is 13.8 Å². The fourth-order valence-electron chi connectivity index (χ4n) is 1.50. The summed E-state index contributed by atoms with van der Waals surface area (Å²) in [5.74, 6) is -0.0555. The van der Waals surface area contributed by atoms with Crippen LogP contribution in [0, 0.1) is 5.82 Å². The van der Waals surface area contributed by atoms with E-state index in [9.17, 15) is 4.39 Å². The van der Waals surface area contributed by atoms with Gasteiger partial charge in [-0.15, -0.1) is 0 Å². The smallest absolute Gasteiger partial charge is 0.224 e. The Morgan fingerprint density at radius 1 is 1.30 bits per heavy atom. The van der Waals surface area contributed by atoms with Gasteiger partial charge in [0, 0.05) is 5.69 Å². The molecule has 4 nitrogen and oxygen atoms in total. The zero-order chi connectivity index (χ0) is 14.7. The zero-order valence-corrected chi connectivity index (χ0v) is 12.3. The highest BCUT2D eigenvalue weighted by atomic mass is 35.5. The molecule has 1 aromatic heterocycles. The summed E-state index contributed by atoms with van der Waals surface area (Å²) in [6, 6.07) is 5.03. The van der Waals surface area contributed by atoms with Gasteiger partial charge in [-0.3, -0.25) is 0 Å². The Kier molecular flexibility index (Phi) is 4.62. The average Bonchev–Trinajstić information content (AvgIpc) is 2.37. The third-order valence-corrected chi connectivity index (χ3v) is 2.75. The molecule has 2 rings (SSSR count). The zero-order valence-electron chi connectivity index (χ0n) is 10.8. The van der Waals surface area contributed by atoms with Crippen molar-refractivity contribution in [2.75, 3.05) is 5.32 Å². The standard InChI is InChI=1S/C13H12Cl2FN3O/c1-7(2)20-11-4-3-8(5-9(11)14)18-12-10(16)6-17-13(15)19-12/h3-7H,1-2H3,(H,17,18,19). The fourth-order valence-corrected chi connectivity index (χ4v) is 1.86. The molecule has 0 spiro atoms. The Labute approximate surface area is 125 Å². The van der Waals surface area contributed by atoms with E-state index in [-0.39, 0.29) is 17.2 Å². The van der Waals surface area contributed by atoms with Crippen LogP contribution >= 0.6 is 23.2 Å². The summed E-state index contributed by atoms with van der Waals surface area (Å²) in [7, 11) is 0. The van der Waals surface area contributed by atoms with Crippen molar-refractivity contribution in [2.24, 2.45) is 0 Å². The normalized spacial score (nSPS) is 10.7. The highest BCUT2D eigenvalue weighted by Crippen LogP contribution is 2.30. The maximum absolute atomic E-state index is 13.5. The molecule has 0 saturated carbocycles. The van der Waals surface area contributed by atoms with Crippen LogP contribution in [-0.2, 0) is 0 Å². The molecule has 0 bridgehead atoms. The van der Waals surface area contributed by atoms with Crippen molar-refractivity contribution < 1.29 is 9.13 Å². The highest BCUT2D eigenvalue weighted by Gasteiger charge is 2.09. The van der Waals surface area contributed by atoms with E-state index in [2.05, 4.69) is 15.3 Å². The van der Waals surface area contributed by atoms with Crippen molar-refractivity contribution in [3.8, 4) is 5.75 Å². The lowest BCUT2D eigenvalue weighted by molar-refractivity contribution is 0.242. The molecule has 1 aromatic carbocycles. The molecule has 0 aliphatic heterocycles. The fraction of sp³-hybridized carbons (Fsp3) is 0.231. The van der Waals surface area contributed by atoms with Crippen molar-refractivity contribution in [3.63, 3.8) is 0 Å². The van der Waals surface area contributed by atoms with Crippen LogP contribution in [-0.4, -0.2) is 16.1 Å². The van der Waals surface area contributed by atoms with E-state index < -0.39 is 5.82 Å². The summed E-state index contributed by atoms with van der Waals surface area (Å²) < 4.78 is 19.0. The predicted octanol–water partition coefficient (Wildman–Crippen LogP) is 4.45. The first kappa shape index (κ1) is 14.8. The SMILES string of the molecule is CC(C)Oc1ccc(Nc2nc(Cl)ncc2F)cc1Cl. The van der Waals surface area contributed by atoms with Gasteiger partial charge in [-0.2, -0.15) is 4.98 Å². The first-order valence-electron chi connectivity index (χ1n) is 5.87. The summed E-state index contributed by atoms with van der Waals surface area (Å²) >= 11 is 11.7. The number of hydrogen-bond donors (Lipinski definition) is 1. The molecule has 0 amide bonds. The number of anilines is 2. The summed E-state index contributed by atoms with van der Waals surface area (Å²) in [5, 5.41) is 3.16. The average molecular weight is 316 g/mol. The van der Waals surface area contributed by atoms with Crippen LogP contribution in [0.2, 0.25) is 10.3 Å². The number of ether oxygens (including phenoxy) is 1. The van der Waals surface area contributed by atoms with Crippen molar-refractivity contribution >= 4 is 34.7 Å². The second-order valence-electron chi connectivity index (χ2n) is 4.27. The number of hydrogen-bond acceptors (Lipinski definition) is 4. The summed E-state index contributed by atoms with van der Waals surface area (Å²) in [6.07, 6.45) is 1.01. The predicted molar refractivity (Wildman–Crippen MR) is 77.5 cm³/mol. The third kappa shape index (κ3) is 3.71. The second kappa shape index (κ2) is 6.24. The lowest BCUT2D eigenvalue weighted by Crippen LogP contribution is -2.06. The number of rotatable bonds is 4. The van der Waals surface area contributed by atoms with Crippen LogP contribution in [0.4, 0.5) is 15.9 Å². The minimum absolute atomic E-state index is 0.0152. The monoisotopic (exact) mass is 315 g/mol. The van der Waals surface area contributed by atoms with Crippen molar-refractivity contribution in [1.29, 1.82) is 0 Å². The minimum Gasteiger partial charge on any atom is -0.489 e. The Morgan fingerprint density at radius 3 is 2.70 bits per heavy atom. The number of aromatic nitrogens is 2. The van der Waals surface area contributed by atoms with E-state index in [0.717, 1.165) is 6.20 Å². The summed E-state index contributed by atoms with van der Waals surface area (Å²) in [5.41, 5.74) is 0.569. The van der Waals surface area contributed by atoms with Crippen LogP contribution in [0.1, 0.15) is 13.8 Å². The largest absolute Gasteiger partial charge is 0.489 e. The van der Waals surface area contributed by atoms with Crippen LogP contribution in [0.3, 0.4) is 0 Å². The van der Waals surface area contributed by atoms with Crippen molar-refractivity contribution in [1.82, 2.24) is 9.97 Å². The van der Waals surface area contributed by atoms with Crippen molar-refractivity contribution in [2.45, 2.75) is 20.0 Å². The number of halogens is 3. The van der Waals surface area contributed by atoms with E-state index in [4.69, 9.17) is 27.9 Å². The van der Waals surface area contributed by atoms with Gasteiger partial charge in [0.05, 0.1) is 17.3 Å². The van der Waals surface area contributed by atoms with Crippen LogP contribution in [0.15, 0.2) is 24.4 Å². The lowest BCUT2D eigenvalue weighted by atomic mass is 10.3. The third-order valence-electron chi connectivity index (χ3n) is 2.27. The maximum atomic E-state index is 13.5. The molecule has 1 heterocycles. The number of nitrogens with zero attached hydrogens (tertiary/aromatic N) is 2. The van der Waals surface area contributed by atoms with E-state index in [1.54, 1.807) is 18.2 Å². The van der Waals surface area contributed by atoms with Gasteiger partial charge in [0.2, 0.25) is 5.28 Å². The Bertz CT molecular complexity index is 623. The lowest BCUT2D eigenvalue weighted by Gasteiger charge is -2.13. The van der Waals surface area contributed by atoms with Gasteiger partial charge < -0.3 is 10.1 Å². The van der Waals surface area contributed by atoms with E-state index in [0.29, 0.717) is 16.5 Å². The molecular weight excluding hydrogens is 304 g/mol. The molecule has 0 aliphatic carbocycles. The molecule has 20 heavy (non-hydrogen) atoms. The summed E-state index contributed by atoms with van der Waals surface area (Å²) in [4.78, 5) is 7.30. The molecule has 0 aliphatic rings. The Hall–Kier alpha value is -1.59. The first-order valence-corrected chi connectivity index (χ1v) is 6.62. The van der Waals surface area contributed by atoms with Crippen LogP contribution in [0.5, 0.6) is 5.75 Å². The molecule has 0 atom stereocenters. The van der Waals surface area contributed by atoms with Gasteiger partial charge in [-0.1, -0.05) is 11.6 Å². The molecule has 2 aromatic rings. The molecule has 0 unspecified atom stereocenters. The number of benzene rings is 1. The van der Waals surface area contributed by atoms with Crippen molar-refractivity contribution in [3.05, 3.63) is 40.5 Å². The van der Waals surface area contributed by atoms with Gasteiger partial charge in [0.25, 0.3) is 0 Å². The molecular formula is C13H12Cl2FN3O. The van der Waals surface area contributed by atoms with E-state index >= 15 is 0 Å². The Balaban J connectivity index is 2.22. The first-order chi connectivity index (χ1) is 9.45. The topological polar surface area (TPSA) is 47.0 Å². The minimum atomic E-state index is -0.604. The van der Waals surface area contributed by atoms with Crippen LogP contribution in [0.25, 0.3) is 0 Å². The molecule has 0 fully saturated rings. The highest BCUT2D eigenvalue weighted by molar-refractivity contribution is 6.32. The van der Waals surface area contributed by atoms with Gasteiger partial charge in [-0.25, -0.2) is 9.37 Å². The van der Waals surface area contributed by atoms with Gasteiger partial charge in [0.15, 0.2) is 11.6 Å². The van der Waals surface area contributed by atoms with Gasteiger partial charge in [0.1, 0.15) is 5.75 Å². The number of nitrogens with one attached hydrogen (secondary N) is 1. The van der Waals surface area contributed by atoms with Gasteiger partial charge in [-0.05, 0) is 43.6 Å². The van der Waals surface area contributed by atoms with Crippen LogP contribution < -0.4 is 10.1 Å². The molecule has 0 saturated heterocycles. The molecule has 7 heteroatoms.